The van der Waals surface area contributed by atoms with Crippen molar-refractivity contribution >= 4 is 32.4 Å². The van der Waals surface area contributed by atoms with Crippen molar-refractivity contribution in [1.82, 2.24) is 4.98 Å². The van der Waals surface area contributed by atoms with Crippen LogP contribution in [0, 0.1) is 19.8 Å². The minimum atomic E-state index is -3.84. The van der Waals surface area contributed by atoms with Crippen LogP contribution in [0.2, 0.25) is 0 Å². The number of hydrogen-bond acceptors (Lipinski definition) is 6. The van der Waals surface area contributed by atoms with E-state index in [-0.39, 0.29) is 21.7 Å². The van der Waals surface area contributed by atoms with Crippen molar-refractivity contribution in [1.29, 1.82) is 0 Å². The summed E-state index contributed by atoms with van der Waals surface area (Å²) in [5.74, 6) is -0.512. The van der Waals surface area contributed by atoms with Crippen molar-refractivity contribution < 1.29 is 17.9 Å². The standard InChI is InChI=1S/C27H32N2O4S/c1-5-20-10-12-24-23(15-20)26(29-13-7-8-21(17-29)27(30)33-6-2)25(16-28-24)34(31,32)22-11-9-18(3)19(4)14-22/h9-12,14-16,21H,5-8,13,17H2,1-4H3. The number of fused-ring (bicyclic) bond motifs is 1. The van der Waals surface area contributed by atoms with E-state index in [4.69, 9.17) is 4.74 Å². The Balaban J connectivity index is 1.91. The molecule has 0 amide bonds. The van der Waals surface area contributed by atoms with E-state index in [9.17, 15) is 13.2 Å². The van der Waals surface area contributed by atoms with Crippen molar-refractivity contribution in [2.75, 3.05) is 24.6 Å². The molecule has 0 saturated carbocycles. The third kappa shape index (κ3) is 4.53. The van der Waals surface area contributed by atoms with E-state index in [1.54, 1.807) is 19.1 Å². The van der Waals surface area contributed by atoms with Gasteiger partial charge >= 0.3 is 5.97 Å². The van der Waals surface area contributed by atoms with Gasteiger partial charge in [0.1, 0.15) is 4.90 Å². The van der Waals surface area contributed by atoms with Gasteiger partial charge in [-0.05, 0) is 81.0 Å². The smallest absolute Gasteiger partial charge is 0.310 e. The lowest BCUT2D eigenvalue weighted by Crippen LogP contribution is -2.40. The first-order valence-electron chi connectivity index (χ1n) is 11.9. The third-order valence-corrected chi connectivity index (χ3v) is 8.47. The number of pyridine rings is 1. The number of ether oxygens (including phenoxy) is 1. The highest BCUT2D eigenvalue weighted by Crippen LogP contribution is 2.38. The molecule has 6 nitrogen and oxygen atoms in total. The highest BCUT2D eigenvalue weighted by Gasteiger charge is 2.32. The van der Waals surface area contributed by atoms with E-state index < -0.39 is 9.84 Å². The number of aromatic nitrogens is 1. The van der Waals surface area contributed by atoms with E-state index >= 15 is 0 Å². The van der Waals surface area contributed by atoms with Gasteiger partial charge in [-0.25, -0.2) is 8.42 Å². The summed E-state index contributed by atoms with van der Waals surface area (Å²) in [5.41, 5.74) is 4.44. The SMILES string of the molecule is CCOC(=O)C1CCCN(c2c(S(=O)(=O)c3ccc(C)c(C)c3)cnc3ccc(CC)cc23)C1. The predicted octanol–water partition coefficient (Wildman–Crippen LogP) is 5.03. The number of esters is 1. The molecule has 2 aromatic carbocycles. The summed E-state index contributed by atoms with van der Waals surface area (Å²) < 4.78 is 33.1. The molecule has 7 heteroatoms. The average molecular weight is 481 g/mol. The van der Waals surface area contributed by atoms with Crippen molar-refractivity contribution in [3.63, 3.8) is 0 Å². The largest absolute Gasteiger partial charge is 0.466 e. The summed E-state index contributed by atoms with van der Waals surface area (Å²) in [5, 5.41) is 0.800. The molecule has 0 N–H and O–H groups in total. The Bertz CT molecular complexity index is 1330. The zero-order valence-corrected chi connectivity index (χ0v) is 21.1. The molecule has 1 aliphatic heterocycles. The van der Waals surface area contributed by atoms with Gasteiger partial charge in [0.05, 0.1) is 28.6 Å². The molecule has 34 heavy (non-hydrogen) atoms. The van der Waals surface area contributed by atoms with Crippen LogP contribution in [-0.2, 0) is 25.8 Å². The Morgan fingerprint density at radius 2 is 1.91 bits per heavy atom. The Morgan fingerprint density at radius 3 is 2.62 bits per heavy atom. The zero-order chi connectivity index (χ0) is 24.5. The topological polar surface area (TPSA) is 76.6 Å². The lowest BCUT2D eigenvalue weighted by atomic mass is 9.97. The molecule has 1 atom stereocenters. The van der Waals surface area contributed by atoms with Crippen molar-refractivity contribution in [2.24, 2.45) is 5.92 Å². The first-order chi connectivity index (χ1) is 16.3. The van der Waals surface area contributed by atoms with E-state index in [1.165, 1.54) is 6.20 Å². The Hall–Kier alpha value is -2.93. The van der Waals surface area contributed by atoms with E-state index in [1.807, 2.05) is 43.0 Å². The summed E-state index contributed by atoms with van der Waals surface area (Å²) in [6.07, 6.45) is 3.82. The number of piperidine rings is 1. The van der Waals surface area contributed by atoms with Gasteiger partial charge in [-0.2, -0.15) is 0 Å². The zero-order valence-electron chi connectivity index (χ0n) is 20.3. The average Bonchev–Trinajstić information content (AvgIpc) is 2.84. The Labute approximate surface area is 201 Å². The molecule has 0 bridgehead atoms. The highest BCUT2D eigenvalue weighted by atomic mass is 32.2. The second-order valence-electron chi connectivity index (χ2n) is 8.96. The quantitative estimate of drug-likeness (QED) is 0.461. The number of anilines is 1. The Morgan fingerprint density at radius 1 is 1.12 bits per heavy atom. The molecule has 2 heterocycles. The lowest BCUT2D eigenvalue weighted by Gasteiger charge is -2.35. The number of aryl methyl sites for hydroxylation is 3. The molecule has 1 aliphatic rings. The van der Waals surface area contributed by atoms with Gasteiger partial charge in [0.2, 0.25) is 9.84 Å². The fourth-order valence-corrected chi connectivity index (χ4v) is 6.11. The minimum Gasteiger partial charge on any atom is -0.466 e. The summed E-state index contributed by atoms with van der Waals surface area (Å²) in [7, 11) is -3.84. The number of rotatable bonds is 6. The minimum absolute atomic E-state index is 0.181. The monoisotopic (exact) mass is 480 g/mol. The van der Waals surface area contributed by atoms with E-state index in [0.29, 0.717) is 25.4 Å². The molecule has 4 rings (SSSR count). The predicted molar refractivity (Wildman–Crippen MR) is 134 cm³/mol. The summed E-state index contributed by atoms with van der Waals surface area (Å²) >= 11 is 0. The van der Waals surface area contributed by atoms with Crippen molar-refractivity contribution in [3.8, 4) is 0 Å². The number of benzene rings is 2. The number of nitrogens with zero attached hydrogens (tertiary/aromatic N) is 2. The molecule has 3 aromatic rings. The first kappa shape index (κ1) is 24.2. The molecular weight excluding hydrogens is 448 g/mol. The summed E-state index contributed by atoms with van der Waals surface area (Å²) in [6.45, 7) is 9.17. The van der Waals surface area contributed by atoms with Crippen LogP contribution in [0.15, 0.2) is 52.4 Å². The van der Waals surface area contributed by atoms with E-state index in [0.717, 1.165) is 46.9 Å². The maximum atomic E-state index is 13.9. The molecule has 1 unspecified atom stereocenters. The second kappa shape index (κ2) is 9.74. The van der Waals surface area contributed by atoms with Crippen LogP contribution in [0.1, 0.15) is 43.4 Å². The fraction of sp³-hybridized carbons (Fsp3) is 0.407. The van der Waals surface area contributed by atoms with Crippen LogP contribution in [-0.4, -0.2) is 39.1 Å². The summed E-state index contributed by atoms with van der Waals surface area (Å²) in [4.78, 5) is 19.5. The van der Waals surface area contributed by atoms with Crippen LogP contribution in [0.4, 0.5) is 5.69 Å². The maximum absolute atomic E-state index is 13.9. The van der Waals surface area contributed by atoms with Crippen LogP contribution in [0.5, 0.6) is 0 Å². The molecule has 0 spiro atoms. The fourth-order valence-electron chi connectivity index (χ4n) is 4.59. The number of hydrogen-bond donors (Lipinski definition) is 0. The molecule has 0 aliphatic carbocycles. The van der Waals surface area contributed by atoms with Gasteiger partial charge in [-0.3, -0.25) is 9.78 Å². The molecule has 1 saturated heterocycles. The van der Waals surface area contributed by atoms with Gasteiger partial charge < -0.3 is 9.64 Å². The van der Waals surface area contributed by atoms with Gasteiger partial charge in [-0.15, -0.1) is 0 Å². The van der Waals surface area contributed by atoms with Gasteiger partial charge in [0, 0.05) is 24.7 Å². The number of carbonyl (C=O) groups excluding carboxylic acids is 1. The normalized spacial score (nSPS) is 16.6. The first-order valence-corrected chi connectivity index (χ1v) is 13.4. The summed E-state index contributed by atoms with van der Waals surface area (Å²) in [6, 6.07) is 11.2. The molecule has 180 valence electrons. The molecule has 1 aromatic heterocycles. The van der Waals surface area contributed by atoms with Crippen LogP contribution in [0.3, 0.4) is 0 Å². The molecular formula is C27H32N2O4S. The number of carbonyl (C=O) groups is 1. The highest BCUT2D eigenvalue weighted by molar-refractivity contribution is 7.91. The lowest BCUT2D eigenvalue weighted by molar-refractivity contribution is -0.148. The van der Waals surface area contributed by atoms with Gasteiger partial charge in [0.15, 0.2) is 0 Å². The van der Waals surface area contributed by atoms with Gasteiger partial charge in [-0.1, -0.05) is 19.1 Å². The molecule has 0 radical (unpaired) electrons. The Kier molecular flexibility index (Phi) is 6.94. The second-order valence-corrected chi connectivity index (χ2v) is 10.9. The van der Waals surface area contributed by atoms with Crippen molar-refractivity contribution in [3.05, 3.63) is 59.3 Å². The molecule has 1 fully saturated rings. The van der Waals surface area contributed by atoms with Gasteiger partial charge in [0.25, 0.3) is 0 Å². The van der Waals surface area contributed by atoms with Crippen LogP contribution >= 0.6 is 0 Å². The number of sulfone groups is 1. The van der Waals surface area contributed by atoms with E-state index in [2.05, 4.69) is 11.9 Å². The third-order valence-electron chi connectivity index (χ3n) is 6.71. The maximum Gasteiger partial charge on any atom is 0.310 e. The van der Waals surface area contributed by atoms with Crippen LogP contribution < -0.4 is 4.90 Å². The van der Waals surface area contributed by atoms with Crippen LogP contribution in [0.25, 0.3) is 10.9 Å². The van der Waals surface area contributed by atoms with Crippen molar-refractivity contribution in [2.45, 2.75) is 56.7 Å².